The van der Waals surface area contributed by atoms with Crippen LogP contribution in [0.15, 0.2) is 0 Å². The van der Waals surface area contributed by atoms with E-state index in [4.69, 9.17) is 9.84 Å². The van der Waals surface area contributed by atoms with E-state index in [1.54, 1.807) is 0 Å². The minimum Gasteiger partial charge on any atom is -0.393 e. The summed E-state index contributed by atoms with van der Waals surface area (Å²) in [5, 5.41) is 9.02. The van der Waals surface area contributed by atoms with E-state index < -0.39 is 0 Å². The van der Waals surface area contributed by atoms with Crippen LogP contribution in [-0.2, 0) is 4.74 Å². The van der Waals surface area contributed by atoms with Crippen molar-refractivity contribution >= 4 is 0 Å². The van der Waals surface area contributed by atoms with Crippen LogP contribution in [0.3, 0.4) is 0 Å². The van der Waals surface area contributed by atoms with Crippen LogP contribution in [0.4, 0.5) is 0 Å². The summed E-state index contributed by atoms with van der Waals surface area (Å²) in [4.78, 5) is 0. The summed E-state index contributed by atoms with van der Waals surface area (Å²) in [6, 6.07) is 0. The zero-order valence-electron chi connectivity index (χ0n) is 6.60. The van der Waals surface area contributed by atoms with Crippen molar-refractivity contribution in [3.8, 4) is 0 Å². The molecule has 2 nitrogen and oxygen atoms in total. The molecule has 0 radical (unpaired) electrons. The van der Waals surface area contributed by atoms with Gasteiger partial charge in [0.05, 0.1) is 12.2 Å². The maximum absolute atomic E-state index is 9.02. The van der Waals surface area contributed by atoms with Gasteiger partial charge in [0.25, 0.3) is 0 Å². The van der Waals surface area contributed by atoms with Crippen molar-refractivity contribution in [2.45, 2.75) is 38.2 Å². The first kappa shape index (κ1) is 8.02. The molecule has 1 rings (SSSR count). The van der Waals surface area contributed by atoms with Gasteiger partial charge in [0.2, 0.25) is 0 Å². The first-order chi connectivity index (χ1) is 4.83. The summed E-state index contributed by atoms with van der Waals surface area (Å²) in [7, 11) is 0. The molecule has 1 unspecified atom stereocenters. The molecule has 0 bridgehead atoms. The lowest BCUT2D eigenvalue weighted by molar-refractivity contribution is -0.0443. The van der Waals surface area contributed by atoms with Crippen molar-refractivity contribution in [3.63, 3.8) is 0 Å². The summed E-state index contributed by atoms with van der Waals surface area (Å²) < 4.78 is 5.48. The molecule has 60 valence electrons. The monoisotopic (exact) mass is 144 g/mol. The Morgan fingerprint density at radius 1 is 1.60 bits per heavy atom. The maximum atomic E-state index is 9.02. The van der Waals surface area contributed by atoms with Gasteiger partial charge in [-0.1, -0.05) is 13.3 Å². The molecule has 0 saturated carbocycles. The first-order valence-corrected chi connectivity index (χ1v) is 4.08. The number of aliphatic hydroxyl groups excluding tert-OH is 1. The van der Waals surface area contributed by atoms with Crippen LogP contribution in [0.2, 0.25) is 0 Å². The summed E-state index contributed by atoms with van der Waals surface area (Å²) in [5.41, 5.74) is -0.158. The molecule has 10 heavy (non-hydrogen) atoms. The van der Waals surface area contributed by atoms with Crippen LogP contribution in [0.25, 0.3) is 0 Å². The summed E-state index contributed by atoms with van der Waals surface area (Å²) >= 11 is 0. The standard InChI is InChI=1S/C8H16O2/c1-2-4-8(7-9)5-3-6-10-8/h9H,2-7H2,1H3. The molecular formula is C8H16O2. The number of hydrogen-bond donors (Lipinski definition) is 1. The van der Waals surface area contributed by atoms with E-state index >= 15 is 0 Å². The van der Waals surface area contributed by atoms with Crippen LogP contribution in [0.5, 0.6) is 0 Å². The van der Waals surface area contributed by atoms with Crippen LogP contribution >= 0.6 is 0 Å². The van der Waals surface area contributed by atoms with E-state index in [1.165, 1.54) is 0 Å². The number of hydrogen-bond acceptors (Lipinski definition) is 2. The molecule has 1 atom stereocenters. The number of ether oxygens (including phenoxy) is 1. The average molecular weight is 144 g/mol. The van der Waals surface area contributed by atoms with Gasteiger partial charge in [0, 0.05) is 6.61 Å². The highest BCUT2D eigenvalue weighted by molar-refractivity contribution is 4.83. The Hall–Kier alpha value is -0.0800. The molecule has 0 aromatic rings. The largest absolute Gasteiger partial charge is 0.393 e. The molecule has 1 N–H and O–H groups in total. The Bertz CT molecular complexity index is 95.4. The second kappa shape index (κ2) is 3.35. The van der Waals surface area contributed by atoms with Crippen molar-refractivity contribution < 1.29 is 9.84 Å². The normalized spacial score (nSPS) is 33.0. The summed E-state index contributed by atoms with van der Waals surface area (Å²) in [6.07, 6.45) is 4.25. The smallest absolute Gasteiger partial charge is 0.0912 e. The molecule has 1 heterocycles. The van der Waals surface area contributed by atoms with E-state index in [0.29, 0.717) is 0 Å². The first-order valence-electron chi connectivity index (χ1n) is 4.08. The second-order valence-corrected chi connectivity index (χ2v) is 3.04. The molecule has 1 fully saturated rings. The lowest BCUT2D eigenvalue weighted by Crippen LogP contribution is -2.31. The van der Waals surface area contributed by atoms with Crippen LogP contribution in [0, 0.1) is 0 Å². The molecule has 0 spiro atoms. The van der Waals surface area contributed by atoms with Crippen molar-refractivity contribution in [2.24, 2.45) is 0 Å². The van der Waals surface area contributed by atoms with Gasteiger partial charge in [-0.05, 0) is 19.3 Å². The van der Waals surface area contributed by atoms with E-state index in [9.17, 15) is 0 Å². The Kier molecular flexibility index (Phi) is 2.69. The summed E-state index contributed by atoms with van der Waals surface area (Å²) in [5.74, 6) is 0. The minimum atomic E-state index is -0.158. The Balaban J connectivity index is 2.41. The molecule has 2 heteroatoms. The lowest BCUT2D eigenvalue weighted by Gasteiger charge is -2.24. The second-order valence-electron chi connectivity index (χ2n) is 3.04. The van der Waals surface area contributed by atoms with Gasteiger partial charge in [0.1, 0.15) is 0 Å². The van der Waals surface area contributed by atoms with Crippen LogP contribution in [0.1, 0.15) is 32.6 Å². The van der Waals surface area contributed by atoms with E-state index in [2.05, 4.69) is 6.92 Å². The summed E-state index contributed by atoms with van der Waals surface area (Å²) in [6.45, 7) is 3.15. The van der Waals surface area contributed by atoms with E-state index in [1.807, 2.05) is 0 Å². The molecule has 0 aromatic carbocycles. The molecule has 0 amide bonds. The SMILES string of the molecule is CCCC1(CO)CCCO1. The van der Waals surface area contributed by atoms with Gasteiger partial charge in [0.15, 0.2) is 0 Å². The fourth-order valence-electron chi connectivity index (χ4n) is 1.61. The number of rotatable bonds is 3. The maximum Gasteiger partial charge on any atom is 0.0912 e. The van der Waals surface area contributed by atoms with Gasteiger partial charge in [-0.25, -0.2) is 0 Å². The highest BCUT2D eigenvalue weighted by atomic mass is 16.5. The molecule has 0 aromatic heterocycles. The van der Waals surface area contributed by atoms with Gasteiger partial charge < -0.3 is 9.84 Å². The third-order valence-electron chi connectivity index (χ3n) is 2.18. The Morgan fingerprint density at radius 2 is 2.40 bits per heavy atom. The third kappa shape index (κ3) is 1.50. The average Bonchev–Trinajstić information content (AvgIpc) is 2.39. The predicted molar refractivity (Wildman–Crippen MR) is 39.9 cm³/mol. The molecule has 1 saturated heterocycles. The quantitative estimate of drug-likeness (QED) is 0.647. The Labute approximate surface area is 62.2 Å². The van der Waals surface area contributed by atoms with E-state index in [0.717, 1.165) is 32.3 Å². The fraction of sp³-hybridized carbons (Fsp3) is 1.00. The van der Waals surface area contributed by atoms with Crippen LogP contribution < -0.4 is 0 Å². The van der Waals surface area contributed by atoms with Crippen molar-refractivity contribution in [3.05, 3.63) is 0 Å². The molecular weight excluding hydrogens is 128 g/mol. The molecule has 1 aliphatic rings. The minimum absolute atomic E-state index is 0.158. The molecule has 0 aliphatic carbocycles. The van der Waals surface area contributed by atoms with Gasteiger partial charge in [-0.3, -0.25) is 0 Å². The lowest BCUT2D eigenvalue weighted by atomic mass is 9.96. The van der Waals surface area contributed by atoms with E-state index in [-0.39, 0.29) is 12.2 Å². The number of aliphatic hydroxyl groups is 1. The van der Waals surface area contributed by atoms with Gasteiger partial charge >= 0.3 is 0 Å². The highest BCUT2D eigenvalue weighted by Gasteiger charge is 2.32. The van der Waals surface area contributed by atoms with Gasteiger partial charge in [-0.15, -0.1) is 0 Å². The fourth-order valence-corrected chi connectivity index (χ4v) is 1.61. The topological polar surface area (TPSA) is 29.5 Å². The highest BCUT2D eigenvalue weighted by Crippen LogP contribution is 2.29. The molecule has 1 aliphatic heterocycles. The predicted octanol–water partition coefficient (Wildman–Crippen LogP) is 1.33. The van der Waals surface area contributed by atoms with Crippen molar-refractivity contribution in [2.75, 3.05) is 13.2 Å². The van der Waals surface area contributed by atoms with Crippen molar-refractivity contribution in [1.82, 2.24) is 0 Å². The van der Waals surface area contributed by atoms with Crippen LogP contribution in [-0.4, -0.2) is 23.9 Å². The zero-order valence-corrected chi connectivity index (χ0v) is 6.60. The zero-order chi connectivity index (χ0) is 7.45. The van der Waals surface area contributed by atoms with Gasteiger partial charge in [-0.2, -0.15) is 0 Å². The Morgan fingerprint density at radius 3 is 2.80 bits per heavy atom. The third-order valence-corrected chi connectivity index (χ3v) is 2.18. The van der Waals surface area contributed by atoms with Crippen molar-refractivity contribution in [1.29, 1.82) is 0 Å².